The van der Waals surface area contributed by atoms with E-state index in [-0.39, 0.29) is 17.5 Å². The summed E-state index contributed by atoms with van der Waals surface area (Å²) in [6.45, 7) is 0.492. The Morgan fingerprint density at radius 3 is 2.81 bits per heavy atom. The lowest BCUT2D eigenvalue weighted by Crippen LogP contribution is -2.27. The molecule has 0 aliphatic carbocycles. The number of hydrogen-bond acceptors (Lipinski definition) is 4. The van der Waals surface area contributed by atoms with Crippen LogP contribution in [-0.2, 0) is 11.2 Å². The first-order valence-electron chi connectivity index (χ1n) is 7.92. The van der Waals surface area contributed by atoms with Crippen LogP contribution in [0.5, 0.6) is 0 Å². The van der Waals surface area contributed by atoms with Crippen LogP contribution >= 0.6 is 23.4 Å². The van der Waals surface area contributed by atoms with Gasteiger partial charge in [0.05, 0.1) is 11.4 Å². The minimum atomic E-state index is -0.266. The van der Waals surface area contributed by atoms with E-state index in [4.69, 9.17) is 11.6 Å². The number of carbonyl (C=O) groups is 1. The first-order chi connectivity index (χ1) is 12.6. The summed E-state index contributed by atoms with van der Waals surface area (Å²) in [5.41, 5.74) is 1.81. The third kappa shape index (κ3) is 5.06. The fourth-order valence-electron chi connectivity index (χ4n) is 2.30. The first kappa shape index (κ1) is 18.4. The Kier molecular flexibility index (Phi) is 6.25. The molecule has 0 unspecified atom stereocenters. The zero-order chi connectivity index (χ0) is 18.4. The Balaban J connectivity index is 1.49. The number of hydrogen-bond donors (Lipinski definition) is 1. The molecule has 2 aromatic carbocycles. The SMILES string of the molecule is O=C(CSc1nncn1-c1cccc(Cl)c1)NCCc1ccc(F)cc1. The van der Waals surface area contributed by atoms with Crippen molar-refractivity contribution in [3.8, 4) is 5.69 Å². The number of amides is 1. The van der Waals surface area contributed by atoms with Gasteiger partial charge in [-0.3, -0.25) is 9.36 Å². The Morgan fingerprint density at radius 1 is 1.23 bits per heavy atom. The molecule has 3 rings (SSSR count). The van der Waals surface area contributed by atoms with Crippen LogP contribution in [-0.4, -0.2) is 33.0 Å². The maximum absolute atomic E-state index is 12.9. The fraction of sp³-hybridized carbons (Fsp3) is 0.167. The maximum Gasteiger partial charge on any atom is 0.230 e. The van der Waals surface area contributed by atoms with Gasteiger partial charge >= 0.3 is 0 Å². The molecule has 8 heteroatoms. The van der Waals surface area contributed by atoms with Crippen molar-refractivity contribution in [1.82, 2.24) is 20.1 Å². The van der Waals surface area contributed by atoms with Gasteiger partial charge in [0, 0.05) is 11.6 Å². The van der Waals surface area contributed by atoms with Gasteiger partial charge in [-0.2, -0.15) is 0 Å². The van der Waals surface area contributed by atoms with Gasteiger partial charge in [-0.15, -0.1) is 10.2 Å². The lowest BCUT2D eigenvalue weighted by Gasteiger charge is -2.07. The van der Waals surface area contributed by atoms with Gasteiger partial charge in [-0.05, 0) is 42.3 Å². The first-order valence-corrected chi connectivity index (χ1v) is 9.28. The normalized spacial score (nSPS) is 10.7. The van der Waals surface area contributed by atoms with Crippen LogP contribution in [0.1, 0.15) is 5.56 Å². The molecule has 0 aliphatic rings. The van der Waals surface area contributed by atoms with Crippen molar-refractivity contribution < 1.29 is 9.18 Å². The highest BCUT2D eigenvalue weighted by atomic mass is 35.5. The largest absolute Gasteiger partial charge is 0.355 e. The van der Waals surface area contributed by atoms with E-state index in [0.717, 1.165) is 11.3 Å². The van der Waals surface area contributed by atoms with E-state index in [1.165, 1.54) is 23.9 Å². The van der Waals surface area contributed by atoms with Gasteiger partial charge < -0.3 is 5.32 Å². The van der Waals surface area contributed by atoms with Gasteiger partial charge in [-0.1, -0.05) is 41.6 Å². The number of rotatable bonds is 7. The van der Waals surface area contributed by atoms with Crippen LogP contribution in [0.15, 0.2) is 60.0 Å². The molecule has 5 nitrogen and oxygen atoms in total. The Hall–Kier alpha value is -2.38. The maximum atomic E-state index is 12.9. The summed E-state index contributed by atoms with van der Waals surface area (Å²) in [5.74, 6) is -0.140. The minimum Gasteiger partial charge on any atom is -0.355 e. The average Bonchev–Trinajstić information content (AvgIpc) is 3.10. The number of carbonyl (C=O) groups excluding carboxylic acids is 1. The van der Waals surface area contributed by atoms with Crippen LogP contribution in [0, 0.1) is 5.82 Å². The molecule has 134 valence electrons. The number of halogens is 2. The Bertz CT molecular complexity index is 885. The summed E-state index contributed by atoms with van der Waals surface area (Å²) in [7, 11) is 0. The highest BCUT2D eigenvalue weighted by molar-refractivity contribution is 7.99. The van der Waals surface area contributed by atoms with Crippen molar-refractivity contribution in [2.24, 2.45) is 0 Å². The molecule has 0 saturated heterocycles. The summed E-state index contributed by atoms with van der Waals surface area (Å²) >= 11 is 7.31. The molecule has 0 spiro atoms. The van der Waals surface area contributed by atoms with Gasteiger partial charge in [0.1, 0.15) is 12.1 Å². The molecule has 26 heavy (non-hydrogen) atoms. The second-order valence-corrected chi connectivity index (χ2v) is 6.86. The van der Waals surface area contributed by atoms with Crippen LogP contribution in [0.4, 0.5) is 4.39 Å². The molecule has 1 heterocycles. The molecule has 0 fully saturated rings. The summed E-state index contributed by atoms with van der Waals surface area (Å²) in [4.78, 5) is 12.0. The molecule has 0 atom stereocenters. The number of nitrogens with one attached hydrogen (secondary N) is 1. The molecular weight excluding hydrogens is 375 g/mol. The molecule has 0 saturated carbocycles. The van der Waals surface area contributed by atoms with Gasteiger partial charge in [-0.25, -0.2) is 4.39 Å². The highest BCUT2D eigenvalue weighted by Crippen LogP contribution is 2.21. The third-order valence-electron chi connectivity index (χ3n) is 3.58. The number of thioether (sulfide) groups is 1. The van der Waals surface area contributed by atoms with Gasteiger partial charge in [0.25, 0.3) is 0 Å². The highest BCUT2D eigenvalue weighted by Gasteiger charge is 2.10. The lowest BCUT2D eigenvalue weighted by atomic mass is 10.1. The number of benzene rings is 2. The van der Waals surface area contributed by atoms with E-state index >= 15 is 0 Å². The summed E-state index contributed by atoms with van der Waals surface area (Å²) < 4.78 is 14.6. The summed E-state index contributed by atoms with van der Waals surface area (Å²) in [6, 6.07) is 13.6. The number of aromatic nitrogens is 3. The van der Waals surface area contributed by atoms with E-state index in [2.05, 4.69) is 15.5 Å². The molecule has 1 N–H and O–H groups in total. The zero-order valence-electron chi connectivity index (χ0n) is 13.7. The topological polar surface area (TPSA) is 59.8 Å². The van der Waals surface area contributed by atoms with Crippen LogP contribution < -0.4 is 5.32 Å². The second kappa shape index (κ2) is 8.82. The molecule has 0 aliphatic heterocycles. The van der Waals surface area contributed by atoms with Crippen molar-refractivity contribution in [2.75, 3.05) is 12.3 Å². The van der Waals surface area contributed by atoms with E-state index in [0.29, 0.717) is 23.1 Å². The third-order valence-corrected chi connectivity index (χ3v) is 4.76. The molecule has 0 bridgehead atoms. The predicted molar refractivity (Wildman–Crippen MR) is 100 cm³/mol. The van der Waals surface area contributed by atoms with Gasteiger partial charge in [0.15, 0.2) is 5.16 Å². The molecule has 1 amide bonds. The van der Waals surface area contributed by atoms with Gasteiger partial charge in [0.2, 0.25) is 5.91 Å². The van der Waals surface area contributed by atoms with Crippen molar-refractivity contribution in [2.45, 2.75) is 11.6 Å². The Labute approximate surface area is 159 Å². The molecule has 0 radical (unpaired) electrons. The van der Waals surface area contributed by atoms with E-state index in [1.54, 1.807) is 35.2 Å². The van der Waals surface area contributed by atoms with Crippen molar-refractivity contribution in [3.05, 3.63) is 71.3 Å². The molecule has 3 aromatic rings. The lowest BCUT2D eigenvalue weighted by molar-refractivity contribution is -0.118. The standard InChI is InChI=1S/C18H16ClFN4OS/c19-14-2-1-3-16(10-14)24-12-22-23-18(24)26-11-17(25)21-9-8-13-4-6-15(20)7-5-13/h1-7,10,12H,8-9,11H2,(H,21,25). The Morgan fingerprint density at radius 2 is 2.04 bits per heavy atom. The second-order valence-electron chi connectivity index (χ2n) is 5.48. The monoisotopic (exact) mass is 390 g/mol. The average molecular weight is 391 g/mol. The van der Waals surface area contributed by atoms with E-state index < -0.39 is 0 Å². The van der Waals surface area contributed by atoms with Crippen LogP contribution in [0.2, 0.25) is 5.02 Å². The summed E-state index contributed by atoms with van der Waals surface area (Å²) in [6.07, 6.45) is 2.23. The molecule has 1 aromatic heterocycles. The van der Waals surface area contributed by atoms with E-state index in [1.807, 2.05) is 12.1 Å². The van der Waals surface area contributed by atoms with Crippen molar-refractivity contribution in [3.63, 3.8) is 0 Å². The quantitative estimate of drug-likeness (QED) is 0.627. The van der Waals surface area contributed by atoms with Crippen LogP contribution in [0.3, 0.4) is 0 Å². The zero-order valence-corrected chi connectivity index (χ0v) is 15.3. The van der Waals surface area contributed by atoms with Crippen LogP contribution in [0.25, 0.3) is 5.69 Å². The smallest absolute Gasteiger partial charge is 0.230 e. The minimum absolute atomic E-state index is 0.0993. The van der Waals surface area contributed by atoms with E-state index in [9.17, 15) is 9.18 Å². The van der Waals surface area contributed by atoms with Crippen molar-refractivity contribution >= 4 is 29.3 Å². The van der Waals surface area contributed by atoms with Crippen molar-refractivity contribution in [1.29, 1.82) is 0 Å². The predicted octanol–water partition coefficient (Wildman–Crippen LogP) is 3.51. The fourth-order valence-corrected chi connectivity index (χ4v) is 3.25. The number of nitrogens with zero attached hydrogens (tertiary/aromatic N) is 3. The molecular formula is C18H16ClFN4OS. The summed E-state index contributed by atoms with van der Waals surface area (Å²) in [5, 5.41) is 12.0.